The first kappa shape index (κ1) is 18.2. The number of nitrogens with one attached hydrogen (secondary N) is 1. The molecule has 21 heavy (non-hydrogen) atoms. The quantitative estimate of drug-likeness (QED) is 0.567. The van der Waals surface area contributed by atoms with E-state index in [1.807, 2.05) is 7.05 Å². The molecule has 5 nitrogen and oxygen atoms in total. The van der Waals surface area contributed by atoms with Gasteiger partial charge in [0, 0.05) is 32.1 Å². The molecule has 1 aromatic rings. The zero-order valence-electron chi connectivity index (χ0n) is 13.6. The lowest BCUT2D eigenvalue weighted by atomic mass is 10.1. The van der Waals surface area contributed by atoms with Gasteiger partial charge in [-0.1, -0.05) is 13.3 Å². The fourth-order valence-corrected chi connectivity index (χ4v) is 2.21. The zero-order chi connectivity index (χ0) is 15.3. The molecule has 0 saturated carbocycles. The highest BCUT2D eigenvalue weighted by Crippen LogP contribution is 2.18. The van der Waals surface area contributed by atoms with Crippen LogP contribution in [0.25, 0.3) is 0 Å². The van der Waals surface area contributed by atoms with Crippen molar-refractivity contribution in [2.24, 2.45) is 0 Å². The van der Waals surface area contributed by atoms with Crippen molar-refractivity contribution in [2.45, 2.75) is 32.4 Å². The van der Waals surface area contributed by atoms with Crippen LogP contribution in [-0.4, -0.2) is 51.8 Å². The maximum Gasteiger partial charge on any atom is 0.0701 e. The number of hydrogen-bond donors (Lipinski definition) is 1. The van der Waals surface area contributed by atoms with Gasteiger partial charge in [-0.05, 0) is 25.1 Å². The summed E-state index contributed by atoms with van der Waals surface area (Å²) in [5, 5.41) is 3.36. The topological polar surface area (TPSA) is 44.7 Å². The van der Waals surface area contributed by atoms with Crippen LogP contribution in [0.5, 0.6) is 0 Å². The van der Waals surface area contributed by atoms with Crippen molar-refractivity contribution < 1.29 is 14.2 Å². The van der Waals surface area contributed by atoms with Crippen LogP contribution in [0.4, 0.5) is 0 Å². The lowest BCUT2D eigenvalue weighted by molar-refractivity contribution is 0.0230. The van der Waals surface area contributed by atoms with E-state index < -0.39 is 0 Å². The van der Waals surface area contributed by atoms with Crippen LogP contribution in [0.15, 0.2) is 18.5 Å². The summed E-state index contributed by atoms with van der Waals surface area (Å²) in [5.74, 6) is 0. The van der Waals surface area contributed by atoms with Gasteiger partial charge in [0.15, 0.2) is 0 Å². The van der Waals surface area contributed by atoms with Crippen molar-refractivity contribution in [2.75, 3.05) is 47.2 Å². The van der Waals surface area contributed by atoms with Gasteiger partial charge >= 0.3 is 0 Å². The summed E-state index contributed by atoms with van der Waals surface area (Å²) < 4.78 is 18.0. The highest BCUT2D eigenvalue weighted by atomic mass is 16.5. The Labute approximate surface area is 128 Å². The molecule has 122 valence electrons. The highest BCUT2D eigenvalue weighted by Gasteiger charge is 2.08. The maximum atomic E-state index is 5.56. The van der Waals surface area contributed by atoms with Gasteiger partial charge in [-0.3, -0.25) is 0 Å². The Kier molecular flexibility index (Phi) is 10.2. The standard InChI is InChI=1S/C16H30N2O3/c1-4-5-16(17-2)15-6-7-18(14-15)8-9-20-12-13-21-11-10-19-3/h6-7,14,16-17H,4-5,8-13H2,1-3H3. The summed E-state index contributed by atoms with van der Waals surface area (Å²) in [7, 11) is 3.69. The van der Waals surface area contributed by atoms with Gasteiger partial charge in [0.1, 0.15) is 0 Å². The Balaban J connectivity index is 2.14. The minimum atomic E-state index is 0.450. The average Bonchev–Trinajstić information content (AvgIpc) is 2.96. The van der Waals surface area contributed by atoms with Gasteiger partial charge in [0.05, 0.1) is 33.0 Å². The van der Waals surface area contributed by atoms with Crippen LogP contribution in [0.2, 0.25) is 0 Å². The Morgan fingerprint density at radius 2 is 1.86 bits per heavy atom. The number of rotatable bonds is 13. The van der Waals surface area contributed by atoms with E-state index in [0.717, 1.165) is 13.0 Å². The summed E-state index contributed by atoms with van der Waals surface area (Å²) in [5.41, 5.74) is 1.35. The monoisotopic (exact) mass is 298 g/mol. The minimum Gasteiger partial charge on any atom is -0.382 e. The van der Waals surface area contributed by atoms with Crippen LogP contribution in [0, 0.1) is 0 Å². The molecule has 0 aromatic carbocycles. The Morgan fingerprint density at radius 1 is 1.14 bits per heavy atom. The first-order chi connectivity index (χ1) is 10.3. The minimum absolute atomic E-state index is 0.450. The molecule has 0 bridgehead atoms. The molecule has 0 saturated heterocycles. The normalized spacial score (nSPS) is 12.7. The third-order valence-electron chi connectivity index (χ3n) is 3.40. The van der Waals surface area contributed by atoms with E-state index in [2.05, 4.69) is 35.3 Å². The van der Waals surface area contributed by atoms with Gasteiger partial charge in [-0.25, -0.2) is 0 Å². The van der Waals surface area contributed by atoms with Gasteiger partial charge in [-0.2, -0.15) is 0 Å². The molecule has 0 aliphatic rings. The van der Waals surface area contributed by atoms with Crippen molar-refractivity contribution in [3.8, 4) is 0 Å². The first-order valence-electron chi connectivity index (χ1n) is 7.79. The average molecular weight is 298 g/mol. The van der Waals surface area contributed by atoms with E-state index in [0.29, 0.717) is 39.1 Å². The molecule has 1 N–H and O–H groups in total. The summed E-state index contributed by atoms with van der Waals surface area (Å²) in [6.07, 6.45) is 6.67. The predicted octanol–water partition coefficient (Wildman–Crippen LogP) is 2.23. The van der Waals surface area contributed by atoms with Crippen LogP contribution in [0.1, 0.15) is 31.4 Å². The molecule has 0 amide bonds. The zero-order valence-corrected chi connectivity index (χ0v) is 13.6. The number of aromatic nitrogens is 1. The van der Waals surface area contributed by atoms with E-state index in [-0.39, 0.29) is 0 Å². The third kappa shape index (κ3) is 7.62. The number of methoxy groups -OCH3 is 1. The first-order valence-corrected chi connectivity index (χ1v) is 7.79. The lowest BCUT2D eigenvalue weighted by Crippen LogP contribution is -2.15. The highest BCUT2D eigenvalue weighted by molar-refractivity contribution is 5.15. The van der Waals surface area contributed by atoms with E-state index in [1.165, 1.54) is 12.0 Å². The van der Waals surface area contributed by atoms with Crippen molar-refractivity contribution in [3.63, 3.8) is 0 Å². The van der Waals surface area contributed by atoms with Crippen molar-refractivity contribution in [3.05, 3.63) is 24.0 Å². The molecule has 1 unspecified atom stereocenters. The van der Waals surface area contributed by atoms with Gasteiger partial charge < -0.3 is 24.1 Å². The van der Waals surface area contributed by atoms with Crippen molar-refractivity contribution in [1.29, 1.82) is 0 Å². The molecule has 0 fully saturated rings. The van der Waals surface area contributed by atoms with E-state index in [4.69, 9.17) is 14.2 Å². The van der Waals surface area contributed by atoms with Gasteiger partial charge in [-0.15, -0.1) is 0 Å². The summed E-state index contributed by atoms with van der Waals surface area (Å²) >= 11 is 0. The Bertz CT molecular complexity index is 355. The molecule has 1 heterocycles. The third-order valence-corrected chi connectivity index (χ3v) is 3.40. The lowest BCUT2D eigenvalue weighted by Gasteiger charge is -2.13. The van der Waals surface area contributed by atoms with Crippen molar-refractivity contribution >= 4 is 0 Å². The van der Waals surface area contributed by atoms with Gasteiger partial charge in [0.25, 0.3) is 0 Å². The molecule has 0 spiro atoms. The summed E-state index contributed by atoms with van der Waals surface area (Å²) in [6.45, 7) is 6.32. The molecule has 1 rings (SSSR count). The molecule has 1 atom stereocenters. The van der Waals surface area contributed by atoms with E-state index >= 15 is 0 Å². The molecule has 0 radical (unpaired) electrons. The van der Waals surface area contributed by atoms with E-state index in [1.54, 1.807) is 7.11 Å². The Hall–Kier alpha value is -0.880. The van der Waals surface area contributed by atoms with Crippen LogP contribution < -0.4 is 5.32 Å². The molecular weight excluding hydrogens is 268 g/mol. The van der Waals surface area contributed by atoms with Crippen LogP contribution in [0.3, 0.4) is 0 Å². The van der Waals surface area contributed by atoms with Crippen LogP contribution in [-0.2, 0) is 20.8 Å². The van der Waals surface area contributed by atoms with Crippen LogP contribution >= 0.6 is 0 Å². The smallest absolute Gasteiger partial charge is 0.0701 e. The second kappa shape index (κ2) is 11.7. The molecule has 1 aromatic heterocycles. The number of ether oxygens (including phenoxy) is 3. The predicted molar refractivity (Wildman–Crippen MR) is 84.7 cm³/mol. The Morgan fingerprint density at radius 3 is 2.52 bits per heavy atom. The fraction of sp³-hybridized carbons (Fsp3) is 0.750. The summed E-state index contributed by atoms with van der Waals surface area (Å²) in [6, 6.07) is 2.64. The molecule has 0 aliphatic heterocycles. The van der Waals surface area contributed by atoms with E-state index in [9.17, 15) is 0 Å². The second-order valence-electron chi connectivity index (χ2n) is 5.03. The SMILES string of the molecule is CCCC(NC)c1ccn(CCOCCOCCOC)c1. The maximum absolute atomic E-state index is 5.56. The largest absolute Gasteiger partial charge is 0.382 e. The summed E-state index contributed by atoms with van der Waals surface area (Å²) in [4.78, 5) is 0. The number of nitrogens with zero attached hydrogens (tertiary/aromatic N) is 1. The second-order valence-corrected chi connectivity index (χ2v) is 5.03. The fourth-order valence-electron chi connectivity index (χ4n) is 2.21. The van der Waals surface area contributed by atoms with Crippen molar-refractivity contribution in [1.82, 2.24) is 9.88 Å². The molecule has 5 heteroatoms. The number of hydrogen-bond acceptors (Lipinski definition) is 4. The van der Waals surface area contributed by atoms with Gasteiger partial charge in [0.2, 0.25) is 0 Å². The molecular formula is C16H30N2O3. The molecule has 0 aliphatic carbocycles.